The van der Waals surface area contributed by atoms with Crippen LogP contribution in [-0.2, 0) is 38.3 Å². The highest BCUT2D eigenvalue weighted by atomic mass is 32.3. The zero-order valence-corrected chi connectivity index (χ0v) is 38.1. The summed E-state index contributed by atoms with van der Waals surface area (Å²) in [5, 5.41) is 30.7. The lowest BCUT2D eigenvalue weighted by atomic mass is 9.99. The van der Waals surface area contributed by atoms with Gasteiger partial charge in [0.1, 0.15) is 30.5 Å². The van der Waals surface area contributed by atoms with E-state index >= 15 is 0 Å². The molecule has 0 spiro atoms. The SMILES string of the molecule is CC/C=C\C/C=C\C/C=C\C/C=C\CCCCCCCCCOCC(COC1OC(CO)C(O)C(OS(=O)(=O)O)C1O)OC(=O)CCCCCCCCCCCCCCC. The highest BCUT2D eigenvalue weighted by Crippen LogP contribution is 2.26. The van der Waals surface area contributed by atoms with Gasteiger partial charge in [-0.05, 0) is 51.4 Å². The summed E-state index contributed by atoms with van der Waals surface area (Å²) in [4.78, 5) is 12.8. The number of aliphatic hydroxyl groups excluding tert-OH is 3. The maximum Gasteiger partial charge on any atom is 0.397 e. The Kier molecular flexibility index (Phi) is 36.2. The summed E-state index contributed by atoms with van der Waals surface area (Å²) in [7, 11) is -5.06. The van der Waals surface area contributed by atoms with Gasteiger partial charge in [-0.3, -0.25) is 9.35 Å². The van der Waals surface area contributed by atoms with Crippen LogP contribution in [-0.4, -0.2) is 97.5 Å². The third kappa shape index (κ3) is 31.8. The van der Waals surface area contributed by atoms with Gasteiger partial charge in [-0.15, -0.1) is 0 Å². The first-order valence-electron chi connectivity index (χ1n) is 23.4. The lowest BCUT2D eigenvalue weighted by molar-refractivity contribution is -0.301. The fourth-order valence-electron chi connectivity index (χ4n) is 6.96. The van der Waals surface area contributed by atoms with E-state index in [4.69, 9.17) is 23.5 Å². The van der Waals surface area contributed by atoms with E-state index in [2.05, 4.69) is 66.6 Å². The Hall–Kier alpha value is -1.94. The van der Waals surface area contributed by atoms with Crippen molar-refractivity contribution in [2.75, 3.05) is 26.4 Å². The molecule has 1 aliphatic heterocycles. The van der Waals surface area contributed by atoms with Crippen molar-refractivity contribution in [2.45, 2.75) is 218 Å². The molecule has 0 aliphatic carbocycles. The van der Waals surface area contributed by atoms with Crippen LogP contribution in [0.4, 0.5) is 0 Å². The lowest BCUT2D eigenvalue weighted by Crippen LogP contribution is -2.60. The summed E-state index contributed by atoms with van der Waals surface area (Å²) < 4.78 is 59.1. The predicted octanol–water partition coefficient (Wildman–Crippen LogP) is 9.97. The van der Waals surface area contributed by atoms with E-state index in [-0.39, 0.29) is 19.6 Å². The zero-order chi connectivity index (χ0) is 43.9. The van der Waals surface area contributed by atoms with Crippen molar-refractivity contribution in [2.24, 2.45) is 0 Å². The minimum Gasteiger partial charge on any atom is -0.457 e. The molecule has 350 valence electrons. The Balaban J connectivity index is 2.40. The van der Waals surface area contributed by atoms with Gasteiger partial charge in [0, 0.05) is 13.0 Å². The molecule has 1 aliphatic rings. The molecular formula is C47H84O12S. The molecule has 0 aromatic carbocycles. The number of hydrogen-bond donors (Lipinski definition) is 4. The summed E-state index contributed by atoms with van der Waals surface area (Å²) in [6, 6.07) is 0. The van der Waals surface area contributed by atoms with Gasteiger partial charge in [-0.25, -0.2) is 4.18 Å². The van der Waals surface area contributed by atoms with Crippen LogP contribution in [0.3, 0.4) is 0 Å². The molecule has 13 heteroatoms. The Morgan fingerprint density at radius 1 is 0.650 bits per heavy atom. The standard InChI is InChI=1S/C47H84O12S/c1-3-5-7-9-11-13-15-17-18-19-20-21-22-23-25-27-29-31-33-35-37-55-39-41(40-56-47-45(51)46(59-60(52,53)54)44(50)42(38-48)58-47)57-43(49)36-34-32-30-28-26-24-16-14-12-10-8-6-4-2/h5,7,11,13,17-18,20-21,41-42,44-48,50-51H,3-4,6,8-10,12,14-16,19,22-40H2,1-2H3,(H,52,53,54)/b7-5-,13-11-,18-17-,21-20-. The van der Waals surface area contributed by atoms with E-state index in [0.29, 0.717) is 13.0 Å². The smallest absolute Gasteiger partial charge is 0.397 e. The molecule has 6 unspecified atom stereocenters. The molecule has 12 nitrogen and oxygen atoms in total. The second kappa shape index (κ2) is 38.7. The zero-order valence-electron chi connectivity index (χ0n) is 37.3. The van der Waals surface area contributed by atoms with Gasteiger partial charge in [-0.2, -0.15) is 8.42 Å². The summed E-state index contributed by atoms with van der Waals surface area (Å²) in [6.45, 7) is 3.85. The van der Waals surface area contributed by atoms with Crippen molar-refractivity contribution >= 4 is 16.4 Å². The molecule has 6 atom stereocenters. The van der Waals surface area contributed by atoms with E-state index in [9.17, 15) is 28.5 Å². The monoisotopic (exact) mass is 873 g/mol. The van der Waals surface area contributed by atoms with Gasteiger partial charge in [0.15, 0.2) is 6.29 Å². The third-order valence-corrected chi connectivity index (χ3v) is 10.9. The van der Waals surface area contributed by atoms with Crippen molar-refractivity contribution in [3.63, 3.8) is 0 Å². The van der Waals surface area contributed by atoms with Gasteiger partial charge in [-0.1, -0.05) is 172 Å². The van der Waals surface area contributed by atoms with Crippen molar-refractivity contribution in [1.29, 1.82) is 0 Å². The Labute approximate surface area is 364 Å². The van der Waals surface area contributed by atoms with Crippen LogP contribution in [0.25, 0.3) is 0 Å². The van der Waals surface area contributed by atoms with Crippen LogP contribution >= 0.6 is 0 Å². The highest BCUT2D eigenvalue weighted by Gasteiger charge is 2.48. The number of carbonyl (C=O) groups is 1. The molecule has 0 amide bonds. The number of aliphatic hydroxyl groups is 3. The maximum atomic E-state index is 12.8. The Morgan fingerprint density at radius 3 is 1.68 bits per heavy atom. The summed E-state index contributed by atoms with van der Waals surface area (Å²) in [5.41, 5.74) is 0. The summed E-state index contributed by atoms with van der Waals surface area (Å²) in [5.74, 6) is -0.404. The molecule has 60 heavy (non-hydrogen) atoms. The van der Waals surface area contributed by atoms with Gasteiger partial charge in [0.2, 0.25) is 0 Å². The predicted molar refractivity (Wildman–Crippen MR) is 239 cm³/mol. The lowest BCUT2D eigenvalue weighted by Gasteiger charge is -2.41. The quantitative estimate of drug-likeness (QED) is 0.0199. The summed E-state index contributed by atoms with van der Waals surface area (Å²) >= 11 is 0. The van der Waals surface area contributed by atoms with Crippen LogP contribution in [0.1, 0.15) is 181 Å². The summed E-state index contributed by atoms with van der Waals surface area (Å²) in [6.07, 6.45) is 37.1. The minimum atomic E-state index is -5.06. The molecule has 0 bridgehead atoms. The fourth-order valence-corrected chi connectivity index (χ4v) is 7.47. The van der Waals surface area contributed by atoms with Crippen LogP contribution in [0.2, 0.25) is 0 Å². The Morgan fingerprint density at radius 2 is 1.15 bits per heavy atom. The van der Waals surface area contributed by atoms with Crippen molar-refractivity contribution in [3.05, 3.63) is 48.6 Å². The normalized spacial score (nSPS) is 20.7. The van der Waals surface area contributed by atoms with Gasteiger partial charge < -0.3 is 34.3 Å². The van der Waals surface area contributed by atoms with E-state index in [1.165, 1.54) is 77.0 Å². The van der Waals surface area contributed by atoms with E-state index in [1.54, 1.807) is 0 Å². The van der Waals surface area contributed by atoms with Crippen LogP contribution in [0.5, 0.6) is 0 Å². The van der Waals surface area contributed by atoms with Gasteiger partial charge in [0.25, 0.3) is 0 Å². The molecule has 4 N–H and O–H groups in total. The number of rotatable bonds is 40. The van der Waals surface area contributed by atoms with E-state index in [1.807, 2.05) is 0 Å². The third-order valence-electron chi connectivity index (χ3n) is 10.5. The maximum absolute atomic E-state index is 12.8. The fraction of sp³-hybridized carbons (Fsp3) is 0.809. The molecular weight excluding hydrogens is 789 g/mol. The number of allylic oxidation sites excluding steroid dienone is 8. The van der Waals surface area contributed by atoms with Gasteiger partial charge in [0.05, 0.1) is 19.8 Å². The molecule has 1 heterocycles. The average Bonchev–Trinajstić information content (AvgIpc) is 3.22. The van der Waals surface area contributed by atoms with Crippen LogP contribution < -0.4 is 0 Å². The van der Waals surface area contributed by atoms with Crippen LogP contribution in [0.15, 0.2) is 48.6 Å². The second-order valence-electron chi connectivity index (χ2n) is 16.0. The first kappa shape index (κ1) is 56.1. The molecule has 1 rings (SSSR count). The van der Waals surface area contributed by atoms with Crippen molar-refractivity contribution < 1.29 is 56.2 Å². The number of hydrogen-bond acceptors (Lipinski definition) is 11. The van der Waals surface area contributed by atoms with E-state index in [0.717, 1.165) is 77.0 Å². The molecule has 1 fully saturated rings. The van der Waals surface area contributed by atoms with Crippen molar-refractivity contribution in [1.82, 2.24) is 0 Å². The Bertz CT molecular complexity index is 1240. The topological polar surface area (TPSA) is 178 Å². The number of unbranched alkanes of at least 4 members (excludes halogenated alkanes) is 19. The number of esters is 1. The highest BCUT2D eigenvalue weighted by molar-refractivity contribution is 7.80. The molecule has 0 saturated carbocycles. The molecule has 0 aromatic rings. The van der Waals surface area contributed by atoms with Crippen molar-refractivity contribution in [3.8, 4) is 0 Å². The largest absolute Gasteiger partial charge is 0.457 e. The van der Waals surface area contributed by atoms with E-state index < -0.39 is 59.8 Å². The molecule has 0 aromatic heterocycles. The number of ether oxygens (including phenoxy) is 4. The molecule has 0 radical (unpaired) electrons. The first-order chi connectivity index (χ1) is 29.1. The molecule has 1 saturated heterocycles. The average molecular weight is 873 g/mol. The van der Waals surface area contributed by atoms with Crippen LogP contribution in [0, 0.1) is 0 Å². The first-order valence-corrected chi connectivity index (χ1v) is 24.8. The van der Waals surface area contributed by atoms with Gasteiger partial charge >= 0.3 is 16.4 Å². The second-order valence-corrected chi connectivity index (χ2v) is 17.0. The number of carbonyl (C=O) groups excluding carboxylic acids is 1. The minimum absolute atomic E-state index is 0.0292.